The molecular weight excluding hydrogens is 344 g/mol. The number of benzene rings is 1. The number of carbonyl (C=O) groups is 1. The lowest BCUT2D eigenvalue weighted by molar-refractivity contribution is 0.0993. The van der Waals surface area contributed by atoms with Crippen LogP contribution in [-0.4, -0.2) is 10.9 Å². The molecule has 3 aromatic rings. The molecule has 0 atom stereocenters. The van der Waals surface area contributed by atoms with Gasteiger partial charge in [-0.3, -0.25) is 14.6 Å². The Morgan fingerprint density at radius 3 is 2.56 bits per heavy atom. The van der Waals surface area contributed by atoms with Gasteiger partial charge in [0.25, 0.3) is 5.91 Å². The standard InChI is InChI=1S/C18H13ClN2O4/c19-13-3-1-12(2-4-13)10-24-17-11-25-16(9-15(17)22)18(23)21-14-5-7-20-8-6-14/h1-9,11H,10H2,(H,20,21,23). The van der Waals surface area contributed by atoms with Gasteiger partial charge in [-0.15, -0.1) is 0 Å². The average Bonchev–Trinajstić information content (AvgIpc) is 2.63. The Hall–Kier alpha value is -3.12. The van der Waals surface area contributed by atoms with E-state index in [1.165, 1.54) is 0 Å². The van der Waals surface area contributed by atoms with Crippen molar-refractivity contribution in [2.75, 3.05) is 5.32 Å². The number of pyridine rings is 1. The van der Waals surface area contributed by atoms with Crippen molar-refractivity contribution >= 4 is 23.2 Å². The van der Waals surface area contributed by atoms with Crippen molar-refractivity contribution in [2.45, 2.75) is 6.61 Å². The number of nitrogens with zero attached hydrogens (tertiary/aromatic N) is 1. The van der Waals surface area contributed by atoms with Crippen LogP contribution in [0, 0.1) is 0 Å². The molecule has 0 fully saturated rings. The van der Waals surface area contributed by atoms with E-state index in [0.717, 1.165) is 17.9 Å². The van der Waals surface area contributed by atoms with Gasteiger partial charge in [0.2, 0.25) is 11.2 Å². The summed E-state index contributed by atoms with van der Waals surface area (Å²) in [5.74, 6) is -0.622. The monoisotopic (exact) mass is 356 g/mol. The zero-order valence-corrected chi connectivity index (χ0v) is 13.7. The summed E-state index contributed by atoms with van der Waals surface area (Å²) in [6.07, 6.45) is 4.21. The van der Waals surface area contributed by atoms with Crippen molar-refractivity contribution < 1.29 is 13.9 Å². The Kier molecular flexibility index (Phi) is 5.11. The zero-order chi connectivity index (χ0) is 17.6. The van der Waals surface area contributed by atoms with Crippen LogP contribution >= 0.6 is 11.6 Å². The van der Waals surface area contributed by atoms with Crippen molar-refractivity contribution in [2.24, 2.45) is 0 Å². The third-order valence-electron chi connectivity index (χ3n) is 3.27. The van der Waals surface area contributed by atoms with E-state index in [1.807, 2.05) is 0 Å². The van der Waals surface area contributed by atoms with Crippen LogP contribution in [0.25, 0.3) is 0 Å². The first-order valence-electron chi connectivity index (χ1n) is 7.33. The number of halogens is 1. The Morgan fingerprint density at radius 2 is 1.88 bits per heavy atom. The maximum Gasteiger partial charge on any atom is 0.291 e. The lowest BCUT2D eigenvalue weighted by Crippen LogP contribution is -2.15. The lowest BCUT2D eigenvalue weighted by atomic mass is 10.2. The molecule has 0 saturated heterocycles. The van der Waals surface area contributed by atoms with E-state index in [9.17, 15) is 9.59 Å². The molecule has 3 rings (SSSR count). The second kappa shape index (κ2) is 7.63. The maximum atomic E-state index is 12.1. The van der Waals surface area contributed by atoms with E-state index in [4.69, 9.17) is 20.8 Å². The van der Waals surface area contributed by atoms with E-state index >= 15 is 0 Å². The fraction of sp³-hybridized carbons (Fsp3) is 0.0556. The highest BCUT2D eigenvalue weighted by Gasteiger charge is 2.12. The Bertz CT molecular complexity index is 924. The van der Waals surface area contributed by atoms with Gasteiger partial charge in [0, 0.05) is 29.2 Å². The molecule has 6 nitrogen and oxygen atoms in total. The van der Waals surface area contributed by atoms with Crippen LogP contribution in [0.4, 0.5) is 5.69 Å². The number of hydrogen-bond acceptors (Lipinski definition) is 5. The van der Waals surface area contributed by atoms with E-state index in [0.29, 0.717) is 10.7 Å². The van der Waals surface area contributed by atoms with E-state index in [-0.39, 0.29) is 18.1 Å². The molecule has 0 bridgehead atoms. The van der Waals surface area contributed by atoms with Gasteiger partial charge < -0.3 is 14.5 Å². The summed E-state index contributed by atoms with van der Waals surface area (Å²) in [5.41, 5.74) is 0.953. The maximum absolute atomic E-state index is 12.1. The van der Waals surface area contributed by atoms with E-state index in [2.05, 4.69) is 10.3 Å². The summed E-state index contributed by atoms with van der Waals surface area (Å²) in [6.45, 7) is 0.185. The molecule has 0 saturated carbocycles. The lowest BCUT2D eigenvalue weighted by Gasteiger charge is -2.07. The minimum absolute atomic E-state index is 0.0235. The van der Waals surface area contributed by atoms with E-state index in [1.54, 1.807) is 48.8 Å². The normalized spacial score (nSPS) is 10.3. The molecule has 1 aromatic carbocycles. The van der Waals surface area contributed by atoms with Gasteiger partial charge in [-0.1, -0.05) is 23.7 Å². The molecule has 0 aliphatic rings. The molecule has 126 valence electrons. The average molecular weight is 357 g/mol. The molecule has 0 spiro atoms. The number of amides is 1. The molecule has 0 radical (unpaired) electrons. The summed E-state index contributed by atoms with van der Waals surface area (Å²) in [5, 5.41) is 3.22. The molecule has 0 aliphatic carbocycles. The first-order valence-corrected chi connectivity index (χ1v) is 7.71. The quantitative estimate of drug-likeness (QED) is 0.756. The number of nitrogens with one attached hydrogen (secondary N) is 1. The highest BCUT2D eigenvalue weighted by atomic mass is 35.5. The second-order valence-electron chi connectivity index (χ2n) is 5.08. The molecule has 0 unspecified atom stereocenters. The molecule has 7 heteroatoms. The fourth-order valence-corrected chi connectivity index (χ4v) is 2.12. The predicted octanol–water partition coefficient (Wildman–Crippen LogP) is 3.52. The summed E-state index contributed by atoms with van der Waals surface area (Å²) in [6, 6.07) is 11.4. The van der Waals surface area contributed by atoms with Crippen molar-refractivity contribution in [3.05, 3.63) is 87.7 Å². The predicted molar refractivity (Wildman–Crippen MR) is 93.0 cm³/mol. The third kappa shape index (κ3) is 4.45. The van der Waals surface area contributed by atoms with Gasteiger partial charge in [-0.25, -0.2) is 0 Å². The Morgan fingerprint density at radius 1 is 1.16 bits per heavy atom. The highest BCUT2D eigenvalue weighted by Crippen LogP contribution is 2.13. The first-order chi connectivity index (χ1) is 12.1. The minimum Gasteiger partial charge on any atom is -0.482 e. The number of ether oxygens (including phenoxy) is 1. The molecule has 2 heterocycles. The van der Waals surface area contributed by atoms with Gasteiger partial charge in [0.15, 0.2) is 5.76 Å². The Labute approximate surface area is 148 Å². The summed E-state index contributed by atoms with van der Waals surface area (Å²) in [4.78, 5) is 28.0. The van der Waals surface area contributed by atoms with Crippen molar-refractivity contribution in [1.29, 1.82) is 0 Å². The number of aromatic nitrogens is 1. The molecule has 1 N–H and O–H groups in total. The minimum atomic E-state index is -0.535. The highest BCUT2D eigenvalue weighted by molar-refractivity contribution is 6.30. The van der Waals surface area contributed by atoms with Crippen LogP contribution < -0.4 is 15.5 Å². The number of anilines is 1. The van der Waals surface area contributed by atoms with Crippen LogP contribution in [0.1, 0.15) is 16.1 Å². The van der Waals surface area contributed by atoms with Crippen molar-refractivity contribution in [1.82, 2.24) is 4.98 Å². The molecule has 25 heavy (non-hydrogen) atoms. The van der Waals surface area contributed by atoms with Crippen molar-refractivity contribution in [3.63, 3.8) is 0 Å². The second-order valence-corrected chi connectivity index (χ2v) is 5.51. The largest absolute Gasteiger partial charge is 0.482 e. The van der Waals surface area contributed by atoms with Gasteiger partial charge >= 0.3 is 0 Å². The van der Waals surface area contributed by atoms with Crippen LogP contribution in [0.3, 0.4) is 0 Å². The van der Waals surface area contributed by atoms with Crippen LogP contribution in [0.2, 0.25) is 5.02 Å². The van der Waals surface area contributed by atoms with Gasteiger partial charge in [0.05, 0.1) is 0 Å². The topological polar surface area (TPSA) is 81.4 Å². The molecule has 0 aliphatic heterocycles. The first kappa shape index (κ1) is 16.7. The number of carbonyl (C=O) groups excluding carboxylic acids is 1. The third-order valence-corrected chi connectivity index (χ3v) is 3.52. The zero-order valence-electron chi connectivity index (χ0n) is 12.9. The molecular formula is C18H13ClN2O4. The fourth-order valence-electron chi connectivity index (χ4n) is 1.99. The van der Waals surface area contributed by atoms with Crippen LogP contribution in [0.5, 0.6) is 5.75 Å². The van der Waals surface area contributed by atoms with Crippen LogP contribution in [0.15, 0.2) is 70.3 Å². The summed E-state index contributed by atoms with van der Waals surface area (Å²) in [7, 11) is 0. The number of hydrogen-bond donors (Lipinski definition) is 1. The summed E-state index contributed by atoms with van der Waals surface area (Å²) >= 11 is 5.81. The smallest absolute Gasteiger partial charge is 0.291 e. The molecule has 1 amide bonds. The van der Waals surface area contributed by atoms with Crippen LogP contribution in [-0.2, 0) is 6.61 Å². The summed E-state index contributed by atoms with van der Waals surface area (Å²) < 4.78 is 10.6. The van der Waals surface area contributed by atoms with Gasteiger partial charge in [-0.2, -0.15) is 0 Å². The van der Waals surface area contributed by atoms with E-state index < -0.39 is 11.3 Å². The SMILES string of the molecule is O=C(Nc1ccncc1)c1cc(=O)c(OCc2ccc(Cl)cc2)co1. The van der Waals surface area contributed by atoms with Crippen molar-refractivity contribution in [3.8, 4) is 5.75 Å². The van der Waals surface area contributed by atoms with Gasteiger partial charge in [0.1, 0.15) is 12.9 Å². The molecule has 2 aromatic heterocycles. The Balaban J connectivity index is 1.67. The van der Waals surface area contributed by atoms with Gasteiger partial charge in [-0.05, 0) is 29.8 Å². The number of rotatable bonds is 5.